The molecule has 0 aliphatic rings. The number of nitrogens with zero attached hydrogens (tertiary/aromatic N) is 3. The van der Waals surface area contributed by atoms with Gasteiger partial charge in [-0.3, -0.25) is 4.98 Å². The minimum absolute atomic E-state index is 0.0930. The van der Waals surface area contributed by atoms with Gasteiger partial charge in [-0.05, 0) is 24.3 Å². The quantitative estimate of drug-likeness (QED) is 0.533. The molecule has 2 heterocycles. The second-order valence-electron chi connectivity index (χ2n) is 6.39. The van der Waals surface area contributed by atoms with Crippen molar-refractivity contribution in [2.24, 2.45) is 0 Å². The maximum absolute atomic E-state index is 9.27. The van der Waals surface area contributed by atoms with E-state index in [0.29, 0.717) is 24.6 Å². The molecule has 2 aromatic heterocycles. The molecule has 1 aromatic carbocycles. The second-order valence-corrected chi connectivity index (χ2v) is 6.39. The van der Waals surface area contributed by atoms with Crippen LogP contribution in [0.25, 0.3) is 10.8 Å². The van der Waals surface area contributed by atoms with Gasteiger partial charge in [0.25, 0.3) is 0 Å². The lowest BCUT2D eigenvalue weighted by molar-refractivity contribution is 0.275. The SMILES string of the molecule is CCC[C@@H](CCO)Nc1nc(N)ncc1OCc1cc2ccccc2cn1. The van der Waals surface area contributed by atoms with Gasteiger partial charge in [0, 0.05) is 24.2 Å². The molecule has 1 atom stereocenters. The molecular formula is C20H25N5O2. The number of aliphatic hydroxyl groups is 1. The highest BCUT2D eigenvalue weighted by Crippen LogP contribution is 2.25. The third kappa shape index (κ3) is 5.04. The lowest BCUT2D eigenvalue weighted by atomic mass is 10.1. The summed E-state index contributed by atoms with van der Waals surface area (Å²) in [6.07, 6.45) is 5.94. The van der Waals surface area contributed by atoms with E-state index in [4.69, 9.17) is 10.5 Å². The van der Waals surface area contributed by atoms with Crippen molar-refractivity contribution in [3.63, 3.8) is 0 Å². The summed E-state index contributed by atoms with van der Waals surface area (Å²) in [5.41, 5.74) is 6.56. The molecule has 7 heteroatoms. The summed E-state index contributed by atoms with van der Waals surface area (Å²) < 4.78 is 5.92. The first-order chi connectivity index (χ1) is 13.2. The first-order valence-corrected chi connectivity index (χ1v) is 9.16. The predicted molar refractivity (Wildman–Crippen MR) is 107 cm³/mol. The molecule has 0 aliphatic carbocycles. The van der Waals surface area contributed by atoms with Gasteiger partial charge in [0.15, 0.2) is 11.6 Å². The predicted octanol–water partition coefficient (Wildman–Crippen LogP) is 3.15. The molecule has 0 fully saturated rings. The van der Waals surface area contributed by atoms with E-state index in [1.807, 2.05) is 36.5 Å². The molecule has 0 radical (unpaired) electrons. The Morgan fingerprint density at radius 1 is 1.15 bits per heavy atom. The van der Waals surface area contributed by atoms with Gasteiger partial charge in [-0.1, -0.05) is 37.6 Å². The van der Waals surface area contributed by atoms with Crippen LogP contribution in [-0.2, 0) is 6.61 Å². The van der Waals surface area contributed by atoms with Crippen molar-refractivity contribution in [3.8, 4) is 5.75 Å². The summed E-state index contributed by atoms with van der Waals surface area (Å²) in [5.74, 6) is 1.22. The first-order valence-electron chi connectivity index (χ1n) is 9.16. The van der Waals surface area contributed by atoms with E-state index < -0.39 is 0 Å². The Bertz CT molecular complexity index is 881. The van der Waals surface area contributed by atoms with E-state index in [0.717, 1.165) is 29.3 Å². The maximum Gasteiger partial charge on any atom is 0.222 e. The second kappa shape index (κ2) is 9.14. The summed E-state index contributed by atoms with van der Waals surface area (Å²) in [4.78, 5) is 12.7. The Labute approximate surface area is 158 Å². The Morgan fingerprint density at radius 3 is 2.74 bits per heavy atom. The summed E-state index contributed by atoms with van der Waals surface area (Å²) in [6, 6.07) is 10.2. The molecule has 0 unspecified atom stereocenters. The van der Waals surface area contributed by atoms with Crippen LogP contribution in [0.3, 0.4) is 0 Å². The summed E-state index contributed by atoms with van der Waals surface area (Å²) in [7, 11) is 0. The molecule has 0 bridgehead atoms. The molecule has 0 spiro atoms. The number of hydrogen-bond acceptors (Lipinski definition) is 7. The average molecular weight is 367 g/mol. The van der Waals surface area contributed by atoms with Gasteiger partial charge in [-0.2, -0.15) is 4.98 Å². The third-order valence-corrected chi connectivity index (χ3v) is 4.29. The smallest absolute Gasteiger partial charge is 0.222 e. The van der Waals surface area contributed by atoms with Gasteiger partial charge in [-0.15, -0.1) is 0 Å². The Balaban J connectivity index is 1.75. The minimum atomic E-state index is 0.0930. The van der Waals surface area contributed by atoms with E-state index in [1.165, 1.54) is 0 Å². The number of rotatable bonds is 9. The Morgan fingerprint density at radius 2 is 1.96 bits per heavy atom. The number of hydrogen-bond donors (Lipinski definition) is 3. The van der Waals surface area contributed by atoms with Crippen molar-refractivity contribution in [2.45, 2.75) is 38.8 Å². The molecule has 3 aromatic rings. The van der Waals surface area contributed by atoms with Crippen LogP contribution in [0.5, 0.6) is 5.75 Å². The van der Waals surface area contributed by atoms with Gasteiger partial charge in [-0.25, -0.2) is 4.98 Å². The number of aliphatic hydroxyl groups excluding tert-OH is 1. The van der Waals surface area contributed by atoms with E-state index in [-0.39, 0.29) is 18.6 Å². The fraction of sp³-hybridized carbons (Fsp3) is 0.350. The molecule has 7 nitrogen and oxygen atoms in total. The molecule has 0 aliphatic heterocycles. The van der Waals surface area contributed by atoms with Crippen molar-refractivity contribution in [3.05, 3.63) is 48.4 Å². The van der Waals surface area contributed by atoms with Crippen LogP contribution in [0, 0.1) is 0 Å². The lowest BCUT2D eigenvalue weighted by Gasteiger charge is -2.19. The highest BCUT2D eigenvalue weighted by molar-refractivity contribution is 5.81. The molecule has 0 saturated heterocycles. The number of ether oxygens (including phenoxy) is 1. The third-order valence-electron chi connectivity index (χ3n) is 4.29. The standard InChI is InChI=1S/C20H25N5O2/c1-2-5-16(8-9-26)24-19-18(12-23-20(21)25-19)27-13-17-10-14-6-3-4-7-15(14)11-22-17/h3-4,6-7,10-12,16,26H,2,5,8-9,13H2,1H3,(H3,21,23,24,25)/t16-/m0/s1. The fourth-order valence-electron chi connectivity index (χ4n) is 2.94. The van der Waals surface area contributed by atoms with Crippen molar-refractivity contribution in [1.82, 2.24) is 15.0 Å². The molecular weight excluding hydrogens is 342 g/mol. The van der Waals surface area contributed by atoms with Crippen LogP contribution in [0.4, 0.5) is 11.8 Å². The van der Waals surface area contributed by atoms with Gasteiger partial charge in [0.1, 0.15) is 6.61 Å². The number of anilines is 2. The molecule has 27 heavy (non-hydrogen) atoms. The number of nitrogen functional groups attached to an aromatic ring is 1. The molecule has 0 saturated carbocycles. The summed E-state index contributed by atoms with van der Waals surface area (Å²) in [5, 5.41) is 14.8. The zero-order valence-electron chi connectivity index (χ0n) is 15.4. The number of fused-ring (bicyclic) bond motifs is 1. The van der Waals surface area contributed by atoms with E-state index in [1.54, 1.807) is 6.20 Å². The average Bonchev–Trinajstić information content (AvgIpc) is 2.67. The maximum atomic E-state index is 9.27. The van der Waals surface area contributed by atoms with Crippen molar-refractivity contribution >= 4 is 22.5 Å². The van der Waals surface area contributed by atoms with Gasteiger partial charge in [0.2, 0.25) is 5.95 Å². The van der Waals surface area contributed by atoms with Crippen molar-refractivity contribution < 1.29 is 9.84 Å². The van der Waals surface area contributed by atoms with E-state index in [9.17, 15) is 5.11 Å². The van der Waals surface area contributed by atoms with Crippen LogP contribution >= 0.6 is 0 Å². The number of benzene rings is 1. The van der Waals surface area contributed by atoms with Crippen LogP contribution < -0.4 is 15.8 Å². The van der Waals surface area contributed by atoms with E-state index >= 15 is 0 Å². The van der Waals surface area contributed by atoms with Gasteiger partial charge in [0.05, 0.1) is 11.9 Å². The fourth-order valence-corrected chi connectivity index (χ4v) is 2.94. The lowest BCUT2D eigenvalue weighted by Crippen LogP contribution is -2.22. The first kappa shape index (κ1) is 18.8. The normalized spacial score (nSPS) is 12.1. The largest absolute Gasteiger partial charge is 0.482 e. The summed E-state index contributed by atoms with van der Waals surface area (Å²) >= 11 is 0. The molecule has 0 amide bonds. The topological polar surface area (TPSA) is 106 Å². The summed E-state index contributed by atoms with van der Waals surface area (Å²) in [6.45, 7) is 2.50. The zero-order valence-corrected chi connectivity index (χ0v) is 15.4. The highest BCUT2D eigenvalue weighted by Gasteiger charge is 2.14. The zero-order chi connectivity index (χ0) is 19.1. The van der Waals surface area contributed by atoms with Gasteiger partial charge < -0.3 is 20.9 Å². The monoisotopic (exact) mass is 367 g/mol. The van der Waals surface area contributed by atoms with Gasteiger partial charge >= 0.3 is 0 Å². The number of nitrogens with one attached hydrogen (secondary N) is 1. The molecule has 4 N–H and O–H groups in total. The number of aromatic nitrogens is 3. The van der Waals surface area contributed by atoms with Crippen LogP contribution in [-0.4, -0.2) is 32.7 Å². The number of pyridine rings is 1. The minimum Gasteiger partial charge on any atom is -0.482 e. The van der Waals surface area contributed by atoms with E-state index in [2.05, 4.69) is 27.2 Å². The highest BCUT2D eigenvalue weighted by atomic mass is 16.5. The molecule has 3 rings (SSSR count). The Kier molecular flexibility index (Phi) is 6.38. The van der Waals surface area contributed by atoms with Crippen LogP contribution in [0.1, 0.15) is 31.9 Å². The van der Waals surface area contributed by atoms with Crippen LogP contribution in [0.2, 0.25) is 0 Å². The van der Waals surface area contributed by atoms with Crippen molar-refractivity contribution in [2.75, 3.05) is 17.7 Å². The molecule has 142 valence electrons. The van der Waals surface area contributed by atoms with Crippen LogP contribution in [0.15, 0.2) is 42.7 Å². The van der Waals surface area contributed by atoms with Crippen molar-refractivity contribution in [1.29, 1.82) is 0 Å². The Hall–Kier alpha value is -2.93. The number of nitrogens with two attached hydrogens (primary N) is 1.